The average Bonchev–Trinajstić information content (AvgIpc) is 2.83. The first kappa shape index (κ1) is 10.8. The smallest absolute Gasteiger partial charge is 0.132 e. The maximum atomic E-state index is 5.43. The van der Waals surface area contributed by atoms with Gasteiger partial charge in [-0.2, -0.15) is 0 Å². The van der Waals surface area contributed by atoms with Crippen LogP contribution in [-0.2, 0) is 0 Å². The van der Waals surface area contributed by atoms with E-state index in [1.807, 2.05) is 0 Å². The lowest BCUT2D eigenvalue weighted by atomic mass is 9.91. The summed E-state index contributed by atoms with van der Waals surface area (Å²) in [5.74, 6) is 3.21. The van der Waals surface area contributed by atoms with Crippen LogP contribution < -0.4 is 10.1 Å². The fourth-order valence-electron chi connectivity index (χ4n) is 3.25. The number of halogens is 1. The average molecular weight is 329 g/mol. The molecule has 16 heavy (non-hydrogen) atoms. The van der Waals surface area contributed by atoms with Crippen molar-refractivity contribution in [3.63, 3.8) is 0 Å². The highest BCUT2D eigenvalue weighted by atomic mass is 127. The number of hydrogen-bond acceptors (Lipinski definition) is 2. The monoisotopic (exact) mass is 329 g/mol. The van der Waals surface area contributed by atoms with Gasteiger partial charge in [0.2, 0.25) is 0 Å². The first-order valence-corrected chi connectivity index (χ1v) is 6.88. The Morgan fingerprint density at radius 2 is 2.12 bits per heavy atom. The molecule has 3 rings (SSSR count). The summed E-state index contributed by atoms with van der Waals surface area (Å²) in [4.78, 5) is 0. The molecule has 1 aliphatic carbocycles. The lowest BCUT2D eigenvalue weighted by Gasteiger charge is -2.12. The molecule has 1 saturated heterocycles. The normalized spacial score (nSPS) is 31.3. The number of ether oxygens (including phenoxy) is 1. The van der Waals surface area contributed by atoms with Crippen molar-refractivity contribution >= 4 is 22.6 Å². The van der Waals surface area contributed by atoms with Crippen LogP contribution in [-0.4, -0.2) is 20.2 Å². The zero-order chi connectivity index (χ0) is 11.3. The van der Waals surface area contributed by atoms with E-state index < -0.39 is 0 Å². The van der Waals surface area contributed by atoms with Crippen LogP contribution in [0.5, 0.6) is 5.75 Å². The van der Waals surface area contributed by atoms with Crippen molar-refractivity contribution in [2.24, 2.45) is 5.92 Å². The Morgan fingerprint density at radius 3 is 2.88 bits per heavy atom. The van der Waals surface area contributed by atoms with Crippen molar-refractivity contribution in [1.29, 1.82) is 0 Å². The van der Waals surface area contributed by atoms with E-state index >= 15 is 0 Å². The Balaban J connectivity index is 2.12. The van der Waals surface area contributed by atoms with Crippen LogP contribution in [0.2, 0.25) is 0 Å². The van der Waals surface area contributed by atoms with E-state index in [0.29, 0.717) is 11.8 Å². The fraction of sp³-hybridized carbons (Fsp3) is 0.538. The molecule has 0 spiro atoms. The number of hydrogen-bond donors (Lipinski definition) is 1. The van der Waals surface area contributed by atoms with Gasteiger partial charge in [0.15, 0.2) is 0 Å². The van der Waals surface area contributed by atoms with Gasteiger partial charge in [-0.3, -0.25) is 0 Å². The Kier molecular flexibility index (Phi) is 2.63. The van der Waals surface area contributed by atoms with Crippen molar-refractivity contribution in [1.82, 2.24) is 5.32 Å². The Bertz CT molecular complexity index is 432. The Labute approximate surface area is 110 Å². The summed E-state index contributed by atoms with van der Waals surface area (Å²) < 4.78 is 6.66. The van der Waals surface area contributed by atoms with Gasteiger partial charge in [0.25, 0.3) is 0 Å². The molecule has 3 heteroatoms. The standard InChI is InChI=1S/C13H16INO/c1-7-8-3-12(14)13(16-2)4-9(8)11-6-15-5-10(7)11/h3-4,7,10-11,15H,5-6H2,1-2H3. The second-order valence-electron chi connectivity index (χ2n) is 4.83. The minimum atomic E-state index is 0.689. The second-order valence-corrected chi connectivity index (χ2v) is 6.00. The number of nitrogens with one attached hydrogen (secondary N) is 1. The van der Waals surface area contributed by atoms with Crippen LogP contribution in [0.25, 0.3) is 0 Å². The maximum Gasteiger partial charge on any atom is 0.132 e. The molecule has 3 atom stereocenters. The third kappa shape index (κ3) is 1.40. The summed E-state index contributed by atoms with van der Waals surface area (Å²) in [5, 5.41) is 3.50. The molecule has 0 aromatic heterocycles. The Morgan fingerprint density at radius 1 is 1.31 bits per heavy atom. The molecule has 1 aliphatic heterocycles. The van der Waals surface area contributed by atoms with Gasteiger partial charge in [0.05, 0.1) is 10.7 Å². The highest BCUT2D eigenvalue weighted by molar-refractivity contribution is 14.1. The molecule has 2 aliphatic rings. The van der Waals surface area contributed by atoms with Gasteiger partial charge >= 0.3 is 0 Å². The van der Waals surface area contributed by atoms with E-state index in [2.05, 4.69) is 47.0 Å². The van der Waals surface area contributed by atoms with Gasteiger partial charge in [-0.25, -0.2) is 0 Å². The molecular weight excluding hydrogens is 313 g/mol. The van der Waals surface area contributed by atoms with Gasteiger partial charge in [-0.1, -0.05) is 6.92 Å². The molecule has 0 radical (unpaired) electrons. The van der Waals surface area contributed by atoms with E-state index in [4.69, 9.17) is 4.74 Å². The van der Waals surface area contributed by atoms with Crippen molar-refractivity contribution in [2.75, 3.05) is 20.2 Å². The molecular formula is C13H16INO. The first-order chi connectivity index (χ1) is 7.72. The summed E-state index contributed by atoms with van der Waals surface area (Å²) >= 11 is 2.37. The highest BCUT2D eigenvalue weighted by Crippen LogP contribution is 2.49. The summed E-state index contributed by atoms with van der Waals surface area (Å²) in [7, 11) is 1.76. The summed E-state index contributed by atoms with van der Waals surface area (Å²) in [6, 6.07) is 4.57. The molecule has 86 valence electrons. The minimum absolute atomic E-state index is 0.689. The van der Waals surface area contributed by atoms with Crippen LogP contribution in [0.4, 0.5) is 0 Å². The summed E-state index contributed by atoms with van der Waals surface area (Å²) in [6.07, 6.45) is 0. The van der Waals surface area contributed by atoms with E-state index in [1.54, 1.807) is 12.7 Å². The molecule has 0 bridgehead atoms. The van der Waals surface area contributed by atoms with Crippen molar-refractivity contribution in [3.8, 4) is 5.75 Å². The predicted molar refractivity (Wildman–Crippen MR) is 73.2 cm³/mol. The number of benzene rings is 1. The van der Waals surface area contributed by atoms with Gasteiger partial charge in [0.1, 0.15) is 5.75 Å². The lowest BCUT2D eigenvalue weighted by Crippen LogP contribution is -2.12. The lowest BCUT2D eigenvalue weighted by molar-refractivity contribution is 0.411. The molecule has 1 aromatic carbocycles. The van der Waals surface area contributed by atoms with Gasteiger partial charge in [-0.15, -0.1) is 0 Å². The SMILES string of the molecule is COc1cc2c(cc1I)C(C)C1CNCC21. The third-order valence-corrected chi connectivity index (χ3v) is 4.99. The van der Waals surface area contributed by atoms with Crippen molar-refractivity contribution < 1.29 is 4.74 Å². The zero-order valence-electron chi connectivity index (χ0n) is 9.59. The Hall–Kier alpha value is -0.290. The van der Waals surface area contributed by atoms with E-state index in [1.165, 1.54) is 15.7 Å². The van der Waals surface area contributed by atoms with Gasteiger partial charge in [0, 0.05) is 12.5 Å². The van der Waals surface area contributed by atoms with E-state index in [9.17, 15) is 0 Å². The third-order valence-electron chi connectivity index (χ3n) is 4.15. The molecule has 1 heterocycles. The van der Waals surface area contributed by atoms with Gasteiger partial charge < -0.3 is 10.1 Å². The number of methoxy groups -OCH3 is 1. The van der Waals surface area contributed by atoms with Crippen LogP contribution >= 0.6 is 22.6 Å². The number of rotatable bonds is 1. The van der Waals surface area contributed by atoms with Crippen LogP contribution in [0, 0.1) is 9.49 Å². The van der Waals surface area contributed by atoms with Crippen molar-refractivity contribution in [2.45, 2.75) is 18.8 Å². The quantitative estimate of drug-likeness (QED) is 0.800. The van der Waals surface area contributed by atoms with Crippen molar-refractivity contribution in [3.05, 3.63) is 26.8 Å². The molecule has 3 unspecified atom stereocenters. The summed E-state index contributed by atoms with van der Waals surface area (Å²) in [6.45, 7) is 4.66. The topological polar surface area (TPSA) is 21.3 Å². The maximum absolute atomic E-state index is 5.43. The number of fused-ring (bicyclic) bond motifs is 3. The van der Waals surface area contributed by atoms with Crippen LogP contribution in [0.15, 0.2) is 12.1 Å². The fourth-order valence-corrected chi connectivity index (χ4v) is 3.96. The molecule has 1 aromatic rings. The predicted octanol–water partition coefficient (Wildman–Crippen LogP) is 2.72. The van der Waals surface area contributed by atoms with Crippen LogP contribution in [0.1, 0.15) is 29.9 Å². The summed E-state index contributed by atoms with van der Waals surface area (Å²) in [5.41, 5.74) is 3.06. The van der Waals surface area contributed by atoms with Crippen LogP contribution in [0.3, 0.4) is 0 Å². The highest BCUT2D eigenvalue weighted by Gasteiger charge is 2.41. The molecule has 1 fully saturated rings. The minimum Gasteiger partial charge on any atom is -0.496 e. The second kappa shape index (κ2) is 3.88. The molecule has 1 N–H and O–H groups in total. The molecule has 0 saturated carbocycles. The van der Waals surface area contributed by atoms with E-state index in [-0.39, 0.29) is 0 Å². The van der Waals surface area contributed by atoms with Gasteiger partial charge in [-0.05, 0) is 64.2 Å². The first-order valence-electron chi connectivity index (χ1n) is 5.80. The molecule has 2 nitrogen and oxygen atoms in total. The largest absolute Gasteiger partial charge is 0.496 e. The molecule has 0 amide bonds. The van der Waals surface area contributed by atoms with E-state index in [0.717, 1.165) is 18.2 Å². The zero-order valence-corrected chi connectivity index (χ0v) is 11.7.